The van der Waals surface area contributed by atoms with Gasteiger partial charge in [-0.25, -0.2) is 9.97 Å². The molecule has 6 rings (SSSR count). The van der Waals surface area contributed by atoms with Crippen LogP contribution in [0.15, 0.2) is 42.9 Å². The van der Waals surface area contributed by atoms with E-state index < -0.39 is 12.6 Å². The lowest BCUT2D eigenvalue weighted by atomic mass is 10.0. The summed E-state index contributed by atoms with van der Waals surface area (Å²) in [5.41, 5.74) is 5.06. The number of rotatable bonds is 8. The van der Waals surface area contributed by atoms with Gasteiger partial charge in [0.15, 0.2) is 0 Å². The Balaban J connectivity index is 1.08. The maximum Gasteiger partial charge on any atom is 0.393 e. The number of morpholine rings is 1. The molecule has 2 aliphatic rings. The SMILES string of the molecule is C=C1COC(CCn2c(C#N)cc3c(C)c(CN4CCC(Nc5ncnc6sc(CC(F)(F)F)cc56)CC4)ccc32)CN1. The highest BCUT2D eigenvalue weighted by Crippen LogP contribution is 2.33. The van der Waals surface area contributed by atoms with Crippen LogP contribution in [0.4, 0.5) is 19.0 Å². The number of hydrogen-bond donors (Lipinski definition) is 2. The van der Waals surface area contributed by atoms with Crippen molar-refractivity contribution in [3.8, 4) is 6.07 Å². The summed E-state index contributed by atoms with van der Waals surface area (Å²) in [5, 5.41) is 18.4. The van der Waals surface area contributed by atoms with Gasteiger partial charge in [0.2, 0.25) is 0 Å². The molecule has 226 valence electrons. The molecule has 1 atom stereocenters. The van der Waals surface area contributed by atoms with Crippen molar-refractivity contribution in [1.82, 2.24) is 24.8 Å². The van der Waals surface area contributed by atoms with Crippen LogP contribution in [-0.4, -0.2) is 64.0 Å². The Morgan fingerprint density at radius 3 is 2.74 bits per heavy atom. The van der Waals surface area contributed by atoms with E-state index in [1.54, 1.807) is 6.07 Å². The minimum Gasteiger partial charge on any atom is -0.384 e. The second kappa shape index (κ2) is 12.1. The van der Waals surface area contributed by atoms with Crippen LogP contribution in [0.1, 0.15) is 41.0 Å². The number of aromatic nitrogens is 3. The molecule has 1 unspecified atom stereocenters. The minimum atomic E-state index is -4.25. The van der Waals surface area contributed by atoms with Crippen LogP contribution >= 0.6 is 11.3 Å². The standard InChI is InChI=1S/C31H34F3N7OS/c1-19-17-42-24(15-36-19)7-10-41-23(14-35)11-26-20(2)21(3-4-28(26)41)16-40-8-5-22(6-9-40)39-29-27-12-25(13-31(32,33)34)43-30(27)38-18-37-29/h3-4,11-12,18,22,24,36H,1,5-10,13,15-17H2,2H3,(H,37,38,39). The summed E-state index contributed by atoms with van der Waals surface area (Å²) in [4.78, 5) is 11.8. The van der Waals surface area contributed by atoms with Crippen molar-refractivity contribution in [3.63, 3.8) is 0 Å². The van der Waals surface area contributed by atoms with Gasteiger partial charge in [0.25, 0.3) is 0 Å². The Kier molecular flexibility index (Phi) is 8.31. The number of halogens is 3. The second-order valence-electron chi connectivity index (χ2n) is 11.4. The molecule has 3 aromatic heterocycles. The number of nitriles is 1. The Labute approximate surface area is 252 Å². The molecule has 1 aromatic carbocycles. The molecule has 0 saturated carbocycles. The maximum atomic E-state index is 12.9. The molecule has 0 amide bonds. The van der Waals surface area contributed by atoms with E-state index in [4.69, 9.17) is 4.74 Å². The number of benzene rings is 1. The van der Waals surface area contributed by atoms with Crippen LogP contribution in [0.5, 0.6) is 0 Å². The number of thiophene rings is 1. The van der Waals surface area contributed by atoms with Crippen molar-refractivity contribution in [3.05, 3.63) is 64.6 Å². The van der Waals surface area contributed by atoms with Gasteiger partial charge in [-0.1, -0.05) is 12.6 Å². The van der Waals surface area contributed by atoms with E-state index in [0.717, 1.165) is 73.4 Å². The van der Waals surface area contributed by atoms with Crippen LogP contribution in [0.25, 0.3) is 21.1 Å². The average Bonchev–Trinajstić information content (AvgIpc) is 3.55. The average molecular weight is 610 g/mol. The lowest BCUT2D eigenvalue weighted by molar-refractivity contribution is -0.126. The number of nitrogens with zero attached hydrogens (tertiary/aromatic N) is 5. The highest BCUT2D eigenvalue weighted by atomic mass is 32.1. The minimum absolute atomic E-state index is 0.0877. The molecular formula is C31H34F3N7OS. The normalized spacial score (nSPS) is 18.7. The summed E-state index contributed by atoms with van der Waals surface area (Å²) in [7, 11) is 0. The zero-order chi connectivity index (χ0) is 30.1. The lowest BCUT2D eigenvalue weighted by Crippen LogP contribution is -2.39. The molecule has 0 spiro atoms. The van der Waals surface area contributed by atoms with Gasteiger partial charge in [0.05, 0.1) is 24.5 Å². The maximum absolute atomic E-state index is 12.9. The Morgan fingerprint density at radius 2 is 2.02 bits per heavy atom. The monoisotopic (exact) mass is 609 g/mol. The largest absolute Gasteiger partial charge is 0.393 e. The smallest absolute Gasteiger partial charge is 0.384 e. The van der Waals surface area contributed by atoms with Gasteiger partial charge >= 0.3 is 6.18 Å². The van der Waals surface area contributed by atoms with Crippen molar-refractivity contribution in [1.29, 1.82) is 5.26 Å². The van der Waals surface area contributed by atoms with Crippen LogP contribution in [0, 0.1) is 18.3 Å². The first-order chi connectivity index (χ1) is 20.7. The summed E-state index contributed by atoms with van der Waals surface area (Å²) in [6, 6.07) is 10.4. The van der Waals surface area contributed by atoms with Crippen molar-refractivity contribution >= 4 is 38.3 Å². The summed E-state index contributed by atoms with van der Waals surface area (Å²) < 4.78 is 46.7. The van der Waals surface area contributed by atoms with E-state index in [-0.39, 0.29) is 17.0 Å². The van der Waals surface area contributed by atoms with Gasteiger partial charge in [-0.05, 0) is 55.5 Å². The topological polar surface area (TPSA) is 91.0 Å². The molecule has 0 radical (unpaired) electrons. The Morgan fingerprint density at radius 1 is 1.21 bits per heavy atom. The van der Waals surface area contributed by atoms with E-state index in [2.05, 4.69) is 61.8 Å². The van der Waals surface area contributed by atoms with E-state index in [0.29, 0.717) is 34.9 Å². The van der Waals surface area contributed by atoms with E-state index in [9.17, 15) is 18.4 Å². The fourth-order valence-electron chi connectivity index (χ4n) is 6.05. The van der Waals surface area contributed by atoms with Gasteiger partial charge in [0, 0.05) is 60.2 Å². The molecule has 0 bridgehead atoms. The molecule has 43 heavy (non-hydrogen) atoms. The van der Waals surface area contributed by atoms with Gasteiger partial charge < -0.3 is 19.9 Å². The highest BCUT2D eigenvalue weighted by Gasteiger charge is 2.29. The number of anilines is 1. The third-order valence-electron chi connectivity index (χ3n) is 8.41. The summed E-state index contributed by atoms with van der Waals surface area (Å²) in [6.07, 6.45) is -1.11. The quantitative estimate of drug-likeness (QED) is 0.257. The number of alkyl halides is 3. The third kappa shape index (κ3) is 6.64. The molecule has 2 N–H and O–H groups in total. The van der Waals surface area contributed by atoms with E-state index >= 15 is 0 Å². The summed E-state index contributed by atoms with van der Waals surface area (Å²) in [6.45, 7) is 10.6. The zero-order valence-corrected chi connectivity index (χ0v) is 24.8. The number of likely N-dealkylation sites (tertiary alicyclic amines) is 1. The van der Waals surface area contributed by atoms with Crippen LogP contribution in [0.2, 0.25) is 0 Å². The van der Waals surface area contributed by atoms with Gasteiger partial charge in [-0.3, -0.25) is 4.90 Å². The summed E-state index contributed by atoms with van der Waals surface area (Å²) in [5.74, 6) is 0.601. The second-order valence-corrected chi connectivity index (χ2v) is 12.5. The van der Waals surface area contributed by atoms with E-state index in [1.165, 1.54) is 17.5 Å². The molecule has 2 saturated heterocycles. The molecule has 4 aromatic rings. The number of aryl methyl sites for hydroxylation is 2. The van der Waals surface area contributed by atoms with Crippen molar-refractivity contribution < 1.29 is 17.9 Å². The number of hydrogen-bond acceptors (Lipinski definition) is 8. The fraction of sp³-hybridized carbons (Fsp3) is 0.452. The summed E-state index contributed by atoms with van der Waals surface area (Å²) >= 11 is 1.07. The molecule has 2 fully saturated rings. The first-order valence-electron chi connectivity index (χ1n) is 14.5. The highest BCUT2D eigenvalue weighted by molar-refractivity contribution is 7.18. The number of fused-ring (bicyclic) bond motifs is 2. The predicted molar refractivity (Wildman–Crippen MR) is 162 cm³/mol. The molecule has 12 heteroatoms. The van der Waals surface area contributed by atoms with Crippen LogP contribution < -0.4 is 10.6 Å². The van der Waals surface area contributed by atoms with E-state index in [1.807, 2.05) is 6.07 Å². The van der Waals surface area contributed by atoms with Crippen molar-refractivity contribution in [2.75, 3.05) is 31.6 Å². The first-order valence-corrected chi connectivity index (χ1v) is 15.3. The molecular weight excluding hydrogens is 575 g/mol. The molecule has 2 aliphatic heterocycles. The molecule has 0 aliphatic carbocycles. The third-order valence-corrected chi connectivity index (χ3v) is 9.45. The number of ether oxygens (including phenoxy) is 1. The van der Waals surface area contributed by atoms with Gasteiger partial charge in [0.1, 0.15) is 28.7 Å². The first kappa shape index (κ1) is 29.4. The van der Waals surface area contributed by atoms with Crippen molar-refractivity contribution in [2.24, 2.45) is 0 Å². The molecule has 8 nitrogen and oxygen atoms in total. The fourth-order valence-corrected chi connectivity index (χ4v) is 7.07. The zero-order valence-electron chi connectivity index (χ0n) is 24.0. The Hall–Kier alpha value is -3.66. The lowest BCUT2D eigenvalue weighted by Gasteiger charge is -2.33. The number of nitrogens with one attached hydrogen (secondary N) is 2. The van der Waals surface area contributed by atoms with Crippen LogP contribution in [-0.2, 0) is 24.2 Å². The predicted octanol–water partition coefficient (Wildman–Crippen LogP) is 5.90. The Bertz CT molecular complexity index is 1670. The van der Waals surface area contributed by atoms with Gasteiger partial charge in [-0.15, -0.1) is 11.3 Å². The molecule has 5 heterocycles. The number of piperidine rings is 1. The van der Waals surface area contributed by atoms with Gasteiger partial charge in [-0.2, -0.15) is 18.4 Å². The van der Waals surface area contributed by atoms with Crippen molar-refractivity contribution in [2.45, 2.75) is 64.0 Å². The van der Waals surface area contributed by atoms with Crippen LogP contribution in [0.3, 0.4) is 0 Å².